The van der Waals surface area contributed by atoms with E-state index in [2.05, 4.69) is 16.2 Å². The summed E-state index contributed by atoms with van der Waals surface area (Å²) in [5.74, 6) is 0.0285. The molecule has 1 aliphatic heterocycles. The number of aromatic nitrogens is 3. The molecule has 0 aromatic carbocycles. The predicted octanol–water partition coefficient (Wildman–Crippen LogP) is 0.757. The second kappa shape index (κ2) is 6.29. The van der Waals surface area contributed by atoms with Crippen molar-refractivity contribution in [3.05, 3.63) is 40.3 Å². The summed E-state index contributed by atoms with van der Waals surface area (Å²) in [6, 6.07) is 3.62. The molecule has 1 aliphatic rings. The zero-order chi connectivity index (χ0) is 17.3. The Labute approximate surface area is 138 Å². The lowest BCUT2D eigenvalue weighted by Gasteiger charge is -2.19. The van der Waals surface area contributed by atoms with E-state index in [0.29, 0.717) is 42.3 Å². The standard InChI is InChI=1S/C16H17N5O3/c1-10-13(16(23)24-2)5-11(6-17)15(19-10)20-8-12-7-18-21(3-4-22)14(12)9-20/h5,7,22H,3-4,8-9H2,1-2H3. The summed E-state index contributed by atoms with van der Waals surface area (Å²) in [7, 11) is 1.30. The first kappa shape index (κ1) is 16.0. The van der Waals surface area contributed by atoms with E-state index in [-0.39, 0.29) is 6.61 Å². The molecule has 124 valence electrons. The molecule has 0 aliphatic carbocycles. The van der Waals surface area contributed by atoms with Gasteiger partial charge in [0, 0.05) is 12.1 Å². The van der Waals surface area contributed by atoms with Gasteiger partial charge in [-0.25, -0.2) is 9.78 Å². The normalized spacial score (nSPS) is 12.8. The molecule has 0 atom stereocenters. The monoisotopic (exact) mass is 327 g/mol. The van der Waals surface area contributed by atoms with Gasteiger partial charge in [-0.15, -0.1) is 0 Å². The lowest BCUT2D eigenvalue weighted by atomic mass is 10.1. The summed E-state index contributed by atoms with van der Waals surface area (Å²) < 4.78 is 6.49. The van der Waals surface area contributed by atoms with Crippen LogP contribution >= 0.6 is 0 Å². The molecular weight excluding hydrogens is 310 g/mol. The molecule has 0 saturated heterocycles. The first-order chi connectivity index (χ1) is 11.6. The van der Waals surface area contributed by atoms with Crippen LogP contribution in [0.5, 0.6) is 0 Å². The van der Waals surface area contributed by atoms with E-state index in [1.54, 1.807) is 17.8 Å². The number of nitriles is 1. The summed E-state index contributed by atoms with van der Waals surface area (Å²) in [6.45, 7) is 3.30. The Hall–Kier alpha value is -2.92. The van der Waals surface area contributed by atoms with Gasteiger partial charge < -0.3 is 14.7 Å². The quantitative estimate of drug-likeness (QED) is 0.827. The number of nitrogens with zero attached hydrogens (tertiary/aromatic N) is 5. The van der Waals surface area contributed by atoms with Crippen LogP contribution in [0.15, 0.2) is 12.3 Å². The number of rotatable bonds is 4. The number of aryl methyl sites for hydroxylation is 1. The predicted molar refractivity (Wildman–Crippen MR) is 84.2 cm³/mol. The number of fused-ring (bicyclic) bond motifs is 1. The van der Waals surface area contributed by atoms with Crippen molar-refractivity contribution in [1.29, 1.82) is 5.26 Å². The number of pyridine rings is 1. The van der Waals surface area contributed by atoms with Crippen molar-refractivity contribution < 1.29 is 14.6 Å². The van der Waals surface area contributed by atoms with Crippen LogP contribution in [0.1, 0.15) is 32.9 Å². The van der Waals surface area contributed by atoms with E-state index in [0.717, 1.165) is 11.3 Å². The highest BCUT2D eigenvalue weighted by Gasteiger charge is 2.27. The molecular formula is C16H17N5O3. The molecule has 1 N–H and O–H groups in total. The molecule has 8 heteroatoms. The summed E-state index contributed by atoms with van der Waals surface area (Å²) in [4.78, 5) is 18.2. The molecule has 2 aromatic rings. The highest BCUT2D eigenvalue weighted by molar-refractivity contribution is 5.91. The molecule has 0 fully saturated rings. The van der Waals surface area contributed by atoms with Crippen molar-refractivity contribution in [2.45, 2.75) is 26.6 Å². The van der Waals surface area contributed by atoms with Gasteiger partial charge in [-0.05, 0) is 13.0 Å². The molecule has 0 bridgehead atoms. The van der Waals surface area contributed by atoms with Crippen LogP contribution in [-0.4, -0.2) is 39.6 Å². The molecule has 0 amide bonds. The second-order valence-electron chi connectivity index (χ2n) is 5.52. The Bertz CT molecular complexity index is 837. The van der Waals surface area contributed by atoms with E-state index in [9.17, 15) is 10.1 Å². The van der Waals surface area contributed by atoms with E-state index >= 15 is 0 Å². The number of hydrogen-bond acceptors (Lipinski definition) is 7. The van der Waals surface area contributed by atoms with Gasteiger partial charge in [0.1, 0.15) is 11.9 Å². The number of hydrogen-bond donors (Lipinski definition) is 1. The van der Waals surface area contributed by atoms with Crippen molar-refractivity contribution in [2.24, 2.45) is 0 Å². The fourth-order valence-corrected chi connectivity index (χ4v) is 2.88. The van der Waals surface area contributed by atoms with Gasteiger partial charge in [0.15, 0.2) is 0 Å². The number of carbonyl (C=O) groups is 1. The number of aliphatic hydroxyl groups is 1. The van der Waals surface area contributed by atoms with Crippen molar-refractivity contribution in [1.82, 2.24) is 14.8 Å². The Morgan fingerprint density at radius 2 is 2.29 bits per heavy atom. The highest BCUT2D eigenvalue weighted by atomic mass is 16.5. The van der Waals surface area contributed by atoms with Gasteiger partial charge >= 0.3 is 5.97 Å². The highest BCUT2D eigenvalue weighted by Crippen LogP contribution is 2.30. The average Bonchev–Trinajstić information content (AvgIpc) is 3.16. The molecule has 8 nitrogen and oxygen atoms in total. The molecule has 0 radical (unpaired) electrons. The first-order valence-electron chi connectivity index (χ1n) is 7.48. The Morgan fingerprint density at radius 1 is 1.50 bits per heavy atom. The van der Waals surface area contributed by atoms with Crippen LogP contribution in [-0.2, 0) is 24.4 Å². The third-order valence-electron chi connectivity index (χ3n) is 4.07. The van der Waals surface area contributed by atoms with E-state index in [1.165, 1.54) is 13.2 Å². The van der Waals surface area contributed by atoms with Gasteiger partial charge in [0.2, 0.25) is 0 Å². The molecule has 2 aromatic heterocycles. The van der Waals surface area contributed by atoms with Crippen LogP contribution in [0.3, 0.4) is 0 Å². The van der Waals surface area contributed by atoms with Crippen LogP contribution in [0.4, 0.5) is 5.82 Å². The van der Waals surface area contributed by atoms with Gasteiger partial charge in [-0.2, -0.15) is 10.4 Å². The summed E-state index contributed by atoms with van der Waals surface area (Å²) in [5, 5.41) is 22.8. The zero-order valence-corrected chi connectivity index (χ0v) is 13.5. The minimum atomic E-state index is -0.508. The fraction of sp³-hybridized carbons (Fsp3) is 0.375. The van der Waals surface area contributed by atoms with Crippen molar-refractivity contribution in [3.8, 4) is 6.07 Å². The molecule has 3 heterocycles. The van der Waals surface area contributed by atoms with Gasteiger partial charge in [-0.1, -0.05) is 0 Å². The van der Waals surface area contributed by atoms with Crippen LogP contribution < -0.4 is 4.90 Å². The summed E-state index contributed by atoms with van der Waals surface area (Å²) in [6.07, 6.45) is 1.77. The smallest absolute Gasteiger partial charge is 0.339 e. The Kier molecular flexibility index (Phi) is 4.18. The second-order valence-corrected chi connectivity index (χ2v) is 5.52. The van der Waals surface area contributed by atoms with Crippen molar-refractivity contribution in [2.75, 3.05) is 18.6 Å². The lowest BCUT2D eigenvalue weighted by molar-refractivity contribution is 0.0599. The number of aliphatic hydroxyl groups excluding tert-OH is 1. The van der Waals surface area contributed by atoms with Crippen molar-refractivity contribution >= 4 is 11.8 Å². The SMILES string of the molecule is COC(=O)c1cc(C#N)c(N2Cc3cnn(CCO)c3C2)nc1C. The number of anilines is 1. The molecule has 0 saturated carbocycles. The molecule has 24 heavy (non-hydrogen) atoms. The average molecular weight is 327 g/mol. The molecule has 0 unspecified atom stereocenters. The van der Waals surface area contributed by atoms with Crippen LogP contribution in [0.25, 0.3) is 0 Å². The maximum absolute atomic E-state index is 11.8. The molecule has 3 rings (SSSR count). The summed E-state index contributed by atoms with van der Waals surface area (Å²) in [5.41, 5.74) is 3.19. The van der Waals surface area contributed by atoms with Gasteiger partial charge in [0.05, 0.1) is 55.5 Å². The fourth-order valence-electron chi connectivity index (χ4n) is 2.88. The van der Waals surface area contributed by atoms with Gasteiger partial charge in [0.25, 0.3) is 0 Å². The van der Waals surface area contributed by atoms with Gasteiger partial charge in [-0.3, -0.25) is 4.68 Å². The Balaban J connectivity index is 1.95. The number of ether oxygens (including phenoxy) is 1. The molecule has 0 spiro atoms. The third-order valence-corrected chi connectivity index (χ3v) is 4.07. The maximum atomic E-state index is 11.8. The van der Waals surface area contributed by atoms with E-state index in [1.807, 2.05) is 4.90 Å². The largest absolute Gasteiger partial charge is 0.465 e. The van der Waals surface area contributed by atoms with Crippen molar-refractivity contribution in [3.63, 3.8) is 0 Å². The number of methoxy groups -OCH3 is 1. The zero-order valence-electron chi connectivity index (χ0n) is 13.5. The minimum Gasteiger partial charge on any atom is -0.465 e. The summed E-state index contributed by atoms with van der Waals surface area (Å²) >= 11 is 0. The van der Waals surface area contributed by atoms with E-state index in [4.69, 9.17) is 9.84 Å². The number of esters is 1. The number of carbonyl (C=O) groups excluding carboxylic acids is 1. The minimum absolute atomic E-state index is 0.0166. The topological polar surface area (TPSA) is 104 Å². The maximum Gasteiger partial charge on any atom is 0.339 e. The Morgan fingerprint density at radius 3 is 2.96 bits per heavy atom. The van der Waals surface area contributed by atoms with Crippen LogP contribution in [0, 0.1) is 18.3 Å². The third kappa shape index (κ3) is 2.59. The van der Waals surface area contributed by atoms with Crippen LogP contribution in [0.2, 0.25) is 0 Å². The first-order valence-corrected chi connectivity index (χ1v) is 7.48. The lowest BCUT2D eigenvalue weighted by Crippen LogP contribution is -2.21. The van der Waals surface area contributed by atoms with E-state index < -0.39 is 5.97 Å².